The van der Waals surface area contributed by atoms with Crippen LogP contribution in [-0.2, 0) is 10.4 Å². The molecule has 2 aromatic rings. The van der Waals surface area contributed by atoms with Gasteiger partial charge in [-0.3, -0.25) is 0 Å². The Labute approximate surface area is 158 Å². The van der Waals surface area contributed by atoms with E-state index in [0.717, 1.165) is 18.1 Å². The number of nitrogens with two attached hydrogens (primary N) is 1. The summed E-state index contributed by atoms with van der Waals surface area (Å²) in [4.78, 5) is 4.05. The molecule has 0 bridgehead atoms. The number of nitrogens with one attached hydrogen (secondary N) is 1. The van der Waals surface area contributed by atoms with E-state index in [1.807, 2.05) is 6.07 Å². The van der Waals surface area contributed by atoms with Gasteiger partial charge in [-0.25, -0.2) is 4.98 Å². The zero-order valence-electron chi connectivity index (χ0n) is 14.6. The number of nitrogen functional groups attached to an aromatic ring is 1. The molecular weight excluding hydrogens is 381 g/mol. The van der Waals surface area contributed by atoms with E-state index in [1.54, 1.807) is 13.3 Å². The van der Waals surface area contributed by atoms with Gasteiger partial charge in [-0.1, -0.05) is 0 Å². The minimum absolute atomic E-state index is 0.0220. The van der Waals surface area contributed by atoms with Gasteiger partial charge in [0, 0.05) is 18.9 Å². The summed E-state index contributed by atoms with van der Waals surface area (Å²) in [6.45, 7) is 0.128. The number of alkyl halides is 3. The third kappa shape index (κ3) is 4.96. The van der Waals surface area contributed by atoms with Crippen molar-refractivity contribution in [3.05, 3.63) is 35.5 Å². The number of nitrogens with zero attached hydrogens (tertiary/aromatic N) is 2. The summed E-state index contributed by atoms with van der Waals surface area (Å²) in [5, 5.41) is 11.9. The molecule has 0 fully saturated rings. The molecule has 2 rings (SSSR count). The molecule has 1 aromatic heterocycles. The fourth-order valence-electron chi connectivity index (χ4n) is 2.30. The van der Waals surface area contributed by atoms with Gasteiger partial charge in [0.05, 0.1) is 29.2 Å². The number of ether oxygens (including phenoxy) is 1. The van der Waals surface area contributed by atoms with Crippen LogP contribution < -0.4 is 15.8 Å². The highest BCUT2D eigenvalue weighted by Crippen LogP contribution is 2.39. The molecule has 1 heterocycles. The van der Waals surface area contributed by atoms with Crippen molar-refractivity contribution in [1.29, 1.82) is 5.26 Å². The van der Waals surface area contributed by atoms with Gasteiger partial charge in [-0.2, -0.15) is 18.4 Å². The predicted molar refractivity (Wildman–Crippen MR) is 98.3 cm³/mol. The second kappa shape index (κ2) is 8.83. The molecule has 0 aliphatic rings. The smallest absolute Gasteiger partial charge is 0.419 e. The normalized spacial score (nSPS) is 11.1. The van der Waals surface area contributed by atoms with Gasteiger partial charge in [0.2, 0.25) is 0 Å². The Morgan fingerprint density at radius 1 is 1.30 bits per heavy atom. The van der Waals surface area contributed by atoms with Gasteiger partial charge < -0.3 is 20.0 Å². The third-order valence-electron chi connectivity index (χ3n) is 3.56. The van der Waals surface area contributed by atoms with Crippen LogP contribution in [0.15, 0.2) is 24.3 Å². The summed E-state index contributed by atoms with van der Waals surface area (Å²) in [6.07, 6.45) is -2.92. The van der Waals surface area contributed by atoms with Gasteiger partial charge in [0.15, 0.2) is 5.69 Å². The monoisotopic (exact) mass is 398 g/mol. The van der Waals surface area contributed by atoms with Crippen LogP contribution in [0.2, 0.25) is 0 Å². The van der Waals surface area contributed by atoms with Crippen LogP contribution in [0.3, 0.4) is 0 Å². The molecule has 144 valence electrons. The van der Waals surface area contributed by atoms with Crippen LogP contribution >= 0.6 is 12.0 Å². The van der Waals surface area contributed by atoms with Gasteiger partial charge in [-0.05, 0) is 36.3 Å². The highest BCUT2D eigenvalue weighted by atomic mass is 32.2. The zero-order chi connectivity index (χ0) is 20.0. The highest BCUT2D eigenvalue weighted by molar-refractivity contribution is 7.93. The average molecular weight is 398 g/mol. The van der Waals surface area contributed by atoms with E-state index in [9.17, 15) is 13.2 Å². The zero-order valence-corrected chi connectivity index (χ0v) is 15.4. The summed E-state index contributed by atoms with van der Waals surface area (Å²) in [6, 6.07) is 6.92. The molecule has 0 spiro atoms. The molecule has 0 radical (unpaired) electrons. The van der Waals surface area contributed by atoms with E-state index in [-0.39, 0.29) is 41.6 Å². The van der Waals surface area contributed by atoms with E-state index in [4.69, 9.17) is 19.9 Å². The molecule has 0 saturated carbocycles. The van der Waals surface area contributed by atoms with E-state index in [1.165, 1.54) is 18.2 Å². The fourth-order valence-corrected chi connectivity index (χ4v) is 2.54. The lowest BCUT2D eigenvalue weighted by atomic mass is 10.0. The van der Waals surface area contributed by atoms with Crippen LogP contribution in [0.4, 0.5) is 24.5 Å². The quantitative estimate of drug-likeness (QED) is 0.539. The van der Waals surface area contributed by atoms with E-state index in [0.29, 0.717) is 5.69 Å². The number of pyridine rings is 1. The van der Waals surface area contributed by atoms with Crippen molar-refractivity contribution < 1.29 is 22.1 Å². The van der Waals surface area contributed by atoms with Crippen LogP contribution in [0.25, 0.3) is 11.3 Å². The molecule has 3 N–H and O–H groups in total. The summed E-state index contributed by atoms with van der Waals surface area (Å²) in [5.74, 6) is -0.305. The second-order valence-electron chi connectivity index (χ2n) is 5.22. The molecule has 1 aromatic carbocycles. The molecule has 6 nitrogen and oxygen atoms in total. The number of rotatable bonds is 7. The van der Waals surface area contributed by atoms with Crippen molar-refractivity contribution in [2.75, 3.05) is 37.6 Å². The van der Waals surface area contributed by atoms with Gasteiger partial charge >= 0.3 is 6.18 Å². The molecule has 0 unspecified atom stereocenters. The maximum atomic E-state index is 13.5. The number of benzene rings is 1. The van der Waals surface area contributed by atoms with E-state index < -0.39 is 11.7 Å². The lowest BCUT2D eigenvalue weighted by Gasteiger charge is -2.16. The molecule has 0 atom stereocenters. The Kier molecular flexibility index (Phi) is 6.76. The van der Waals surface area contributed by atoms with Gasteiger partial charge in [0.1, 0.15) is 18.4 Å². The molecular formula is C17H17F3N4O2S. The van der Waals surface area contributed by atoms with Crippen molar-refractivity contribution in [1.82, 2.24) is 4.98 Å². The van der Waals surface area contributed by atoms with Crippen LogP contribution in [0.5, 0.6) is 5.75 Å². The Hall–Kier alpha value is -2.64. The summed E-state index contributed by atoms with van der Waals surface area (Å²) in [7, 11) is 1.59. The maximum absolute atomic E-state index is 13.5. The molecule has 27 heavy (non-hydrogen) atoms. The van der Waals surface area contributed by atoms with Gasteiger partial charge in [0.25, 0.3) is 0 Å². The van der Waals surface area contributed by atoms with Crippen molar-refractivity contribution in [2.24, 2.45) is 0 Å². The lowest BCUT2D eigenvalue weighted by Crippen LogP contribution is -2.11. The van der Waals surface area contributed by atoms with Crippen molar-refractivity contribution in [2.45, 2.75) is 6.18 Å². The van der Waals surface area contributed by atoms with Crippen molar-refractivity contribution in [3.63, 3.8) is 0 Å². The van der Waals surface area contributed by atoms with Crippen LogP contribution in [0, 0.1) is 11.3 Å². The minimum Gasteiger partial charge on any atom is -0.491 e. The van der Waals surface area contributed by atoms with Crippen molar-refractivity contribution >= 4 is 23.4 Å². The van der Waals surface area contributed by atoms with E-state index >= 15 is 0 Å². The minimum atomic E-state index is -4.62. The first-order valence-electron chi connectivity index (χ1n) is 7.70. The number of hydrogen-bond acceptors (Lipinski definition) is 7. The van der Waals surface area contributed by atoms with Gasteiger partial charge in [-0.15, -0.1) is 0 Å². The molecule has 0 aliphatic carbocycles. The first-order chi connectivity index (χ1) is 12.8. The number of anilines is 2. The average Bonchev–Trinajstić information content (AvgIpc) is 2.64. The second-order valence-corrected chi connectivity index (χ2v) is 5.79. The fraction of sp³-hybridized carbons (Fsp3) is 0.294. The van der Waals surface area contributed by atoms with Crippen LogP contribution in [-0.4, -0.2) is 31.5 Å². The largest absolute Gasteiger partial charge is 0.491 e. The molecule has 0 amide bonds. The summed E-state index contributed by atoms with van der Waals surface area (Å²) >= 11 is 1.10. The first kappa shape index (κ1) is 20.7. The summed E-state index contributed by atoms with van der Waals surface area (Å²) < 4.78 is 50.6. The van der Waals surface area contributed by atoms with E-state index in [2.05, 4.69) is 10.3 Å². The number of nitriles is 1. The molecule has 10 heteroatoms. The number of hydrogen-bond donors (Lipinski definition) is 2. The highest BCUT2D eigenvalue weighted by Gasteiger charge is 2.35. The Bertz CT molecular complexity index is 853. The van der Waals surface area contributed by atoms with Crippen LogP contribution in [0.1, 0.15) is 11.3 Å². The Morgan fingerprint density at radius 3 is 2.63 bits per heavy atom. The first-order valence-corrected chi connectivity index (χ1v) is 8.85. The molecule has 0 saturated heterocycles. The topological polar surface area (TPSA) is 93.2 Å². The van der Waals surface area contributed by atoms with Crippen molar-refractivity contribution in [3.8, 4) is 23.1 Å². The SMILES string of the molecule is CNc1cc(-c2ccc(OCCOSC)c(C(F)(F)F)c2)nc(C#N)c1N. The number of halogens is 3. The standard InChI is InChI=1S/C17H17F3N4O2S/c1-23-13-8-12(24-14(9-21)16(13)22)10-3-4-15(25-5-6-26-27-2)11(7-10)17(18,19)20/h3-4,7-8H,5-6,22H2,1-2H3,(H,23,24). The lowest BCUT2D eigenvalue weighted by molar-refractivity contribution is -0.139. The maximum Gasteiger partial charge on any atom is 0.419 e. The summed E-state index contributed by atoms with van der Waals surface area (Å²) in [5.41, 5.74) is 5.69. The molecule has 0 aliphatic heterocycles. The third-order valence-corrected chi connectivity index (χ3v) is 3.96. The Balaban J connectivity index is 2.46. The Morgan fingerprint density at radius 2 is 2.04 bits per heavy atom. The predicted octanol–water partition coefficient (Wildman–Crippen LogP) is 3.94. The number of aromatic nitrogens is 1.